The first-order valence-electron chi connectivity index (χ1n) is 6.49. The highest BCUT2D eigenvalue weighted by Crippen LogP contribution is 2.31. The van der Waals surface area contributed by atoms with Gasteiger partial charge in [0.25, 0.3) is 0 Å². The van der Waals surface area contributed by atoms with E-state index < -0.39 is 0 Å². The van der Waals surface area contributed by atoms with Crippen molar-refractivity contribution >= 4 is 10.8 Å². The van der Waals surface area contributed by atoms with Gasteiger partial charge in [0.05, 0.1) is 18.6 Å². The molecule has 2 heteroatoms. The molecular weight excluding hydrogens is 234 g/mol. The first-order chi connectivity index (χ1) is 9.31. The van der Waals surface area contributed by atoms with Gasteiger partial charge < -0.3 is 9.73 Å². The van der Waals surface area contributed by atoms with Crippen molar-refractivity contribution in [1.82, 2.24) is 5.32 Å². The monoisotopic (exact) mass is 251 g/mol. The van der Waals surface area contributed by atoms with Gasteiger partial charge in [-0.25, -0.2) is 0 Å². The van der Waals surface area contributed by atoms with Gasteiger partial charge >= 0.3 is 0 Å². The smallest absolute Gasteiger partial charge is 0.0953 e. The topological polar surface area (TPSA) is 25.2 Å². The molecule has 0 saturated heterocycles. The van der Waals surface area contributed by atoms with E-state index in [2.05, 4.69) is 48.6 Å². The molecule has 3 aromatic rings. The van der Waals surface area contributed by atoms with Crippen molar-refractivity contribution in [3.63, 3.8) is 0 Å². The Balaban J connectivity index is 2.25. The van der Waals surface area contributed by atoms with Gasteiger partial charge in [-0.15, -0.1) is 0 Å². The van der Waals surface area contributed by atoms with Crippen molar-refractivity contribution in [3.05, 3.63) is 71.7 Å². The Hall–Kier alpha value is -2.06. The lowest BCUT2D eigenvalue weighted by molar-refractivity contribution is 0.557. The van der Waals surface area contributed by atoms with Crippen LogP contribution in [-0.4, -0.2) is 7.05 Å². The molecule has 19 heavy (non-hydrogen) atoms. The molecule has 3 rings (SSSR count). The zero-order chi connectivity index (χ0) is 13.2. The van der Waals surface area contributed by atoms with Crippen LogP contribution in [0.2, 0.25) is 0 Å². The molecule has 2 nitrogen and oxygen atoms in total. The average molecular weight is 251 g/mol. The van der Waals surface area contributed by atoms with E-state index in [1.165, 1.54) is 21.9 Å². The van der Waals surface area contributed by atoms with E-state index in [0.29, 0.717) is 0 Å². The Morgan fingerprint density at radius 1 is 1.05 bits per heavy atom. The van der Waals surface area contributed by atoms with Crippen molar-refractivity contribution in [2.24, 2.45) is 0 Å². The van der Waals surface area contributed by atoms with Crippen LogP contribution in [-0.2, 0) is 0 Å². The molecule has 96 valence electrons. The number of nitrogens with one attached hydrogen (secondary N) is 1. The minimum atomic E-state index is 0.157. The molecule has 1 heterocycles. The van der Waals surface area contributed by atoms with Gasteiger partial charge in [0.15, 0.2) is 0 Å². The summed E-state index contributed by atoms with van der Waals surface area (Å²) in [5, 5.41) is 5.96. The molecule has 0 fully saturated rings. The van der Waals surface area contributed by atoms with Crippen LogP contribution in [0, 0.1) is 6.92 Å². The lowest BCUT2D eigenvalue weighted by atomic mass is 9.91. The van der Waals surface area contributed by atoms with Crippen molar-refractivity contribution in [3.8, 4) is 0 Å². The normalized spacial score (nSPS) is 12.7. The Kier molecular flexibility index (Phi) is 3.10. The fraction of sp³-hybridized carbons (Fsp3) is 0.176. The highest BCUT2D eigenvalue weighted by Gasteiger charge is 2.17. The number of rotatable bonds is 3. The summed E-state index contributed by atoms with van der Waals surface area (Å²) in [7, 11) is 1.98. The van der Waals surface area contributed by atoms with Crippen molar-refractivity contribution < 1.29 is 4.42 Å². The zero-order valence-corrected chi connectivity index (χ0v) is 11.2. The van der Waals surface area contributed by atoms with E-state index in [4.69, 9.17) is 4.42 Å². The van der Waals surface area contributed by atoms with Crippen LogP contribution in [0.3, 0.4) is 0 Å². The van der Waals surface area contributed by atoms with Crippen LogP contribution in [0.5, 0.6) is 0 Å². The number of hydrogen-bond acceptors (Lipinski definition) is 2. The maximum atomic E-state index is 5.23. The van der Waals surface area contributed by atoms with E-state index in [-0.39, 0.29) is 6.04 Å². The number of benzene rings is 2. The van der Waals surface area contributed by atoms with Crippen LogP contribution in [0.4, 0.5) is 0 Å². The molecular formula is C17H17NO. The maximum absolute atomic E-state index is 5.23. The van der Waals surface area contributed by atoms with Crippen molar-refractivity contribution in [2.75, 3.05) is 7.05 Å². The van der Waals surface area contributed by atoms with Gasteiger partial charge in [0.2, 0.25) is 0 Å². The van der Waals surface area contributed by atoms with Crippen LogP contribution in [0.1, 0.15) is 22.7 Å². The molecule has 1 aromatic heterocycles. The fourth-order valence-corrected chi connectivity index (χ4v) is 2.70. The third kappa shape index (κ3) is 2.04. The summed E-state index contributed by atoms with van der Waals surface area (Å²) in [5.41, 5.74) is 3.77. The molecule has 0 aliphatic heterocycles. The largest absolute Gasteiger partial charge is 0.472 e. The number of furan rings is 1. The summed E-state index contributed by atoms with van der Waals surface area (Å²) in [5.74, 6) is 0. The molecule has 0 aliphatic carbocycles. The molecule has 0 aliphatic rings. The second-order valence-corrected chi connectivity index (χ2v) is 4.80. The fourth-order valence-electron chi connectivity index (χ4n) is 2.70. The van der Waals surface area contributed by atoms with Crippen LogP contribution < -0.4 is 5.32 Å². The predicted octanol–water partition coefficient (Wildman–Crippen LogP) is 4.05. The van der Waals surface area contributed by atoms with Crippen molar-refractivity contribution in [2.45, 2.75) is 13.0 Å². The Bertz CT molecular complexity index is 686. The molecule has 1 atom stereocenters. The summed E-state index contributed by atoms with van der Waals surface area (Å²) in [6.45, 7) is 2.16. The predicted molar refractivity (Wildman–Crippen MR) is 78.3 cm³/mol. The summed E-state index contributed by atoms with van der Waals surface area (Å²) >= 11 is 0. The number of fused-ring (bicyclic) bond motifs is 1. The first kappa shape index (κ1) is 12.0. The lowest BCUT2D eigenvalue weighted by Crippen LogP contribution is -2.18. The quantitative estimate of drug-likeness (QED) is 0.759. The van der Waals surface area contributed by atoms with Gasteiger partial charge in [-0.1, -0.05) is 36.4 Å². The summed E-state index contributed by atoms with van der Waals surface area (Å²) in [6.07, 6.45) is 3.53. The second-order valence-electron chi connectivity index (χ2n) is 4.80. The number of aryl methyl sites for hydroxylation is 1. The molecule has 0 radical (unpaired) electrons. The van der Waals surface area contributed by atoms with Crippen LogP contribution in [0.15, 0.2) is 59.4 Å². The van der Waals surface area contributed by atoms with E-state index in [1.807, 2.05) is 19.4 Å². The highest BCUT2D eigenvalue weighted by molar-refractivity contribution is 5.87. The summed E-state index contributed by atoms with van der Waals surface area (Å²) < 4.78 is 5.23. The third-order valence-corrected chi connectivity index (χ3v) is 3.64. The molecule has 1 N–H and O–H groups in total. The van der Waals surface area contributed by atoms with Gasteiger partial charge in [-0.05, 0) is 41.9 Å². The van der Waals surface area contributed by atoms with E-state index >= 15 is 0 Å². The van der Waals surface area contributed by atoms with Crippen molar-refractivity contribution in [1.29, 1.82) is 0 Å². The molecule has 0 saturated carbocycles. The molecule has 2 aromatic carbocycles. The highest BCUT2D eigenvalue weighted by atomic mass is 16.3. The minimum absolute atomic E-state index is 0.157. The van der Waals surface area contributed by atoms with Crippen LogP contribution in [0.25, 0.3) is 10.8 Å². The Labute approximate surface area is 113 Å². The Morgan fingerprint density at radius 2 is 1.89 bits per heavy atom. The van der Waals surface area contributed by atoms with Gasteiger partial charge in [-0.3, -0.25) is 0 Å². The third-order valence-electron chi connectivity index (χ3n) is 3.64. The summed E-state index contributed by atoms with van der Waals surface area (Å²) in [6, 6.07) is 15.0. The molecule has 0 spiro atoms. The standard InChI is InChI=1S/C17H17NO/c1-12-7-8-13-5-3-4-6-15(13)16(12)17(18-2)14-9-10-19-11-14/h3-11,17-18H,1-2H3. The second kappa shape index (κ2) is 4.90. The molecule has 1 unspecified atom stereocenters. The van der Waals surface area contributed by atoms with Gasteiger partial charge in [0.1, 0.15) is 0 Å². The molecule has 0 bridgehead atoms. The maximum Gasteiger partial charge on any atom is 0.0953 e. The van der Waals surface area contributed by atoms with E-state index in [9.17, 15) is 0 Å². The van der Waals surface area contributed by atoms with Gasteiger partial charge in [-0.2, -0.15) is 0 Å². The average Bonchev–Trinajstić information content (AvgIpc) is 2.96. The Morgan fingerprint density at radius 3 is 2.63 bits per heavy atom. The first-order valence-corrected chi connectivity index (χ1v) is 6.49. The number of hydrogen-bond donors (Lipinski definition) is 1. The minimum Gasteiger partial charge on any atom is -0.472 e. The summed E-state index contributed by atoms with van der Waals surface area (Å²) in [4.78, 5) is 0. The lowest BCUT2D eigenvalue weighted by Gasteiger charge is -2.20. The van der Waals surface area contributed by atoms with E-state index in [0.717, 1.165) is 5.56 Å². The van der Waals surface area contributed by atoms with Gasteiger partial charge in [0, 0.05) is 5.56 Å². The SMILES string of the molecule is CNC(c1ccoc1)c1c(C)ccc2ccccc12. The zero-order valence-electron chi connectivity index (χ0n) is 11.2. The van der Waals surface area contributed by atoms with E-state index in [1.54, 1.807) is 6.26 Å². The molecule has 0 amide bonds. The van der Waals surface area contributed by atoms with Crippen LogP contribution >= 0.6 is 0 Å².